The van der Waals surface area contributed by atoms with E-state index in [0.717, 1.165) is 18.4 Å². The fourth-order valence-electron chi connectivity index (χ4n) is 2.59. The average Bonchev–Trinajstić information content (AvgIpc) is 2.41. The van der Waals surface area contributed by atoms with Crippen LogP contribution in [0.15, 0.2) is 18.2 Å². The summed E-state index contributed by atoms with van der Waals surface area (Å²) in [6.45, 7) is 0. The molecular weight excluding hydrogens is 244 g/mol. The largest absolute Gasteiger partial charge is 0.493 e. The van der Waals surface area contributed by atoms with Gasteiger partial charge >= 0.3 is 0 Å². The first-order valence-corrected chi connectivity index (χ1v) is 6.59. The molecule has 0 amide bonds. The lowest BCUT2D eigenvalue weighted by Gasteiger charge is -2.41. The summed E-state index contributed by atoms with van der Waals surface area (Å²) in [5.74, 6) is 1.31. The second-order valence-electron chi connectivity index (χ2n) is 5.08. The highest BCUT2D eigenvalue weighted by molar-refractivity contribution is 5.43. The molecule has 0 heterocycles. The van der Waals surface area contributed by atoms with Crippen LogP contribution >= 0.6 is 0 Å². The minimum Gasteiger partial charge on any atom is -0.493 e. The monoisotopic (exact) mass is 266 g/mol. The molecule has 0 radical (unpaired) electrons. The lowest BCUT2D eigenvalue weighted by Crippen LogP contribution is -2.40. The number of ether oxygens (including phenoxy) is 3. The van der Waals surface area contributed by atoms with E-state index in [-0.39, 0.29) is 5.60 Å². The summed E-state index contributed by atoms with van der Waals surface area (Å²) in [5.41, 5.74) is 0.688. The standard InChI is InChI=1S/C15H22O4/c1-17-13-6-5-11(9-14(13)18-2)12(16)10-15(19-3)7-4-8-15/h5-6,9,12,16H,4,7-8,10H2,1-3H3. The lowest BCUT2D eigenvalue weighted by atomic mass is 9.75. The van der Waals surface area contributed by atoms with E-state index in [0.29, 0.717) is 17.9 Å². The maximum atomic E-state index is 10.4. The fraction of sp³-hybridized carbons (Fsp3) is 0.600. The van der Waals surface area contributed by atoms with Crippen LogP contribution in [-0.2, 0) is 4.74 Å². The van der Waals surface area contributed by atoms with Crippen molar-refractivity contribution in [3.8, 4) is 11.5 Å². The molecule has 0 bridgehead atoms. The van der Waals surface area contributed by atoms with Crippen molar-refractivity contribution in [1.82, 2.24) is 0 Å². The molecule has 1 atom stereocenters. The van der Waals surface area contributed by atoms with Crippen molar-refractivity contribution in [1.29, 1.82) is 0 Å². The van der Waals surface area contributed by atoms with Gasteiger partial charge in [-0.2, -0.15) is 0 Å². The Morgan fingerprint density at radius 1 is 1.16 bits per heavy atom. The summed E-state index contributed by atoms with van der Waals surface area (Å²) in [7, 11) is 4.92. The molecule has 1 saturated carbocycles. The molecule has 106 valence electrons. The fourth-order valence-corrected chi connectivity index (χ4v) is 2.59. The first-order valence-electron chi connectivity index (χ1n) is 6.59. The number of benzene rings is 1. The third-order valence-electron chi connectivity index (χ3n) is 4.06. The van der Waals surface area contributed by atoms with Gasteiger partial charge in [-0.1, -0.05) is 6.07 Å². The number of hydrogen-bond donors (Lipinski definition) is 1. The van der Waals surface area contributed by atoms with Gasteiger partial charge in [-0.15, -0.1) is 0 Å². The third-order valence-corrected chi connectivity index (χ3v) is 4.06. The molecule has 1 aliphatic carbocycles. The van der Waals surface area contributed by atoms with Crippen LogP contribution in [0.25, 0.3) is 0 Å². The summed E-state index contributed by atoms with van der Waals surface area (Å²) in [4.78, 5) is 0. The van der Waals surface area contributed by atoms with Crippen molar-refractivity contribution >= 4 is 0 Å². The van der Waals surface area contributed by atoms with Crippen molar-refractivity contribution in [3.63, 3.8) is 0 Å². The summed E-state index contributed by atoms with van der Waals surface area (Å²) >= 11 is 0. The number of rotatable bonds is 6. The minimum absolute atomic E-state index is 0.146. The first kappa shape index (κ1) is 14.2. The summed E-state index contributed by atoms with van der Waals surface area (Å²) in [5, 5.41) is 10.4. The molecule has 0 saturated heterocycles. The average molecular weight is 266 g/mol. The van der Waals surface area contributed by atoms with Crippen molar-refractivity contribution in [2.45, 2.75) is 37.4 Å². The number of aliphatic hydroxyl groups is 1. The number of aliphatic hydroxyl groups excluding tert-OH is 1. The van der Waals surface area contributed by atoms with Crippen LogP contribution in [0.2, 0.25) is 0 Å². The Labute approximate surface area is 114 Å². The van der Waals surface area contributed by atoms with Crippen molar-refractivity contribution in [3.05, 3.63) is 23.8 Å². The molecule has 0 aromatic heterocycles. The van der Waals surface area contributed by atoms with E-state index in [9.17, 15) is 5.11 Å². The zero-order valence-electron chi connectivity index (χ0n) is 11.8. The van der Waals surface area contributed by atoms with Gasteiger partial charge < -0.3 is 19.3 Å². The Morgan fingerprint density at radius 3 is 2.32 bits per heavy atom. The Hall–Kier alpha value is -1.26. The van der Waals surface area contributed by atoms with Gasteiger partial charge in [-0.3, -0.25) is 0 Å². The summed E-state index contributed by atoms with van der Waals surface area (Å²) in [6, 6.07) is 5.51. The van der Waals surface area contributed by atoms with Gasteiger partial charge in [0.25, 0.3) is 0 Å². The van der Waals surface area contributed by atoms with Crippen LogP contribution in [0.5, 0.6) is 11.5 Å². The highest BCUT2D eigenvalue weighted by Crippen LogP contribution is 2.42. The maximum Gasteiger partial charge on any atom is 0.161 e. The molecule has 1 fully saturated rings. The molecule has 0 spiro atoms. The summed E-state index contributed by atoms with van der Waals surface area (Å²) in [6.07, 6.45) is 3.30. The normalized spacial score (nSPS) is 18.5. The zero-order chi connectivity index (χ0) is 13.9. The van der Waals surface area contributed by atoms with E-state index in [1.165, 1.54) is 6.42 Å². The SMILES string of the molecule is COc1ccc(C(O)CC2(OC)CCC2)cc1OC. The van der Waals surface area contributed by atoms with Crippen LogP contribution < -0.4 is 9.47 Å². The van der Waals surface area contributed by atoms with E-state index in [1.54, 1.807) is 21.3 Å². The maximum absolute atomic E-state index is 10.4. The third kappa shape index (κ3) is 2.85. The Balaban J connectivity index is 2.12. The quantitative estimate of drug-likeness (QED) is 0.860. The Morgan fingerprint density at radius 2 is 1.84 bits per heavy atom. The van der Waals surface area contributed by atoms with Gasteiger partial charge in [0.15, 0.2) is 11.5 Å². The molecule has 19 heavy (non-hydrogen) atoms. The second kappa shape index (κ2) is 5.80. The number of hydrogen-bond acceptors (Lipinski definition) is 4. The van der Waals surface area contributed by atoms with Crippen molar-refractivity contribution < 1.29 is 19.3 Å². The topological polar surface area (TPSA) is 47.9 Å². The van der Waals surface area contributed by atoms with Crippen LogP contribution in [0, 0.1) is 0 Å². The van der Waals surface area contributed by atoms with Gasteiger partial charge in [0, 0.05) is 13.5 Å². The molecule has 4 heteroatoms. The molecule has 1 aromatic carbocycles. The van der Waals surface area contributed by atoms with Gasteiger partial charge in [-0.25, -0.2) is 0 Å². The van der Waals surface area contributed by atoms with E-state index in [4.69, 9.17) is 14.2 Å². The van der Waals surface area contributed by atoms with E-state index in [2.05, 4.69) is 0 Å². The minimum atomic E-state index is -0.542. The Kier molecular flexibility index (Phi) is 4.32. The van der Waals surface area contributed by atoms with Crippen LogP contribution in [0.1, 0.15) is 37.4 Å². The summed E-state index contributed by atoms with van der Waals surface area (Å²) < 4.78 is 16.0. The molecule has 1 unspecified atom stereocenters. The first-order chi connectivity index (χ1) is 9.14. The van der Waals surface area contributed by atoms with Crippen molar-refractivity contribution in [2.75, 3.05) is 21.3 Å². The molecule has 1 aromatic rings. The van der Waals surface area contributed by atoms with Gasteiger partial charge in [-0.05, 0) is 37.0 Å². The van der Waals surface area contributed by atoms with Gasteiger partial charge in [0.2, 0.25) is 0 Å². The van der Waals surface area contributed by atoms with Crippen molar-refractivity contribution in [2.24, 2.45) is 0 Å². The van der Waals surface area contributed by atoms with Gasteiger partial charge in [0.05, 0.1) is 25.9 Å². The molecule has 1 aliphatic rings. The van der Waals surface area contributed by atoms with Crippen LogP contribution in [0.4, 0.5) is 0 Å². The molecule has 4 nitrogen and oxygen atoms in total. The lowest BCUT2D eigenvalue weighted by molar-refractivity contribution is -0.0999. The molecule has 1 N–H and O–H groups in total. The highest BCUT2D eigenvalue weighted by atomic mass is 16.5. The van der Waals surface area contributed by atoms with Crippen LogP contribution in [0.3, 0.4) is 0 Å². The predicted molar refractivity (Wildman–Crippen MR) is 72.7 cm³/mol. The van der Waals surface area contributed by atoms with Gasteiger partial charge in [0.1, 0.15) is 0 Å². The smallest absolute Gasteiger partial charge is 0.161 e. The number of methoxy groups -OCH3 is 3. The Bertz CT molecular complexity index is 421. The van der Waals surface area contributed by atoms with E-state index in [1.807, 2.05) is 18.2 Å². The molecule has 2 rings (SSSR count). The molecular formula is C15H22O4. The van der Waals surface area contributed by atoms with E-state index < -0.39 is 6.10 Å². The second-order valence-corrected chi connectivity index (χ2v) is 5.08. The zero-order valence-corrected chi connectivity index (χ0v) is 11.8. The van der Waals surface area contributed by atoms with Crippen LogP contribution in [-0.4, -0.2) is 32.0 Å². The molecule has 0 aliphatic heterocycles. The van der Waals surface area contributed by atoms with E-state index >= 15 is 0 Å². The highest BCUT2D eigenvalue weighted by Gasteiger charge is 2.39. The predicted octanol–water partition coefficient (Wildman–Crippen LogP) is 2.70.